The summed E-state index contributed by atoms with van der Waals surface area (Å²) in [4.78, 5) is 27.9. The van der Waals surface area contributed by atoms with Crippen LogP contribution in [0.5, 0.6) is 5.75 Å². The van der Waals surface area contributed by atoms with E-state index in [4.69, 9.17) is 9.47 Å². The van der Waals surface area contributed by atoms with E-state index in [9.17, 15) is 35.3 Å². The number of hydrogen-bond donors (Lipinski definition) is 5. The summed E-state index contributed by atoms with van der Waals surface area (Å²) < 4.78 is 10.7. The third-order valence-corrected chi connectivity index (χ3v) is 4.75. The van der Waals surface area contributed by atoms with Crippen molar-refractivity contribution < 1.29 is 29.9 Å². The number of rotatable bonds is 4. The summed E-state index contributed by atoms with van der Waals surface area (Å²) in [5, 5.41) is 48.8. The van der Waals surface area contributed by atoms with Crippen molar-refractivity contribution in [3.8, 4) is 23.1 Å². The SMILES string of the molecule is COc1ccc(-c2[nH]c(=O)n([C@@H]3O[C@H](CO)[C@@H](O)[C@H](O)[C@H]3O)c(=O)c2C#N)cc1. The lowest BCUT2D eigenvalue weighted by Gasteiger charge is -2.40. The van der Waals surface area contributed by atoms with Gasteiger partial charge in [-0.25, -0.2) is 9.36 Å². The van der Waals surface area contributed by atoms with Gasteiger partial charge in [0.15, 0.2) is 6.23 Å². The Kier molecular flexibility index (Phi) is 5.83. The maximum atomic E-state index is 12.9. The molecule has 154 valence electrons. The number of methoxy groups -OCH3 is 1. The molecule has 11 nitrogen and oxygen atoms in total. The minimum atomic E-state index is -1.86. The maximum absolute atomic E-state index is 12.9. The van der Waals surface area contributed by atoms with Gasteiger partial charge in [0.1, 0.15) is 41.8 Å². The van der Waals surface area contributed by atoms with Gasteiger partial charge in [0.2, 0.25) is 0 Å². The van der Waals surface area contributed by atoms with Crippen molar-refractivity contribution in [1.29, 1.82) is 5.26 Å². The van der Waals surface area contributed by atoms with Crippen molar-refractivity contribution in [2.45, 2.75) is 30.6 Å². The van der Waals surface area contributed by atoms with E-state index in [2.05, 4.69) is 4.98 Å². The second-order valence-electron chi connectivity index (χ2n) is 6.42. The first-order valence-corrected chi connectivity index (χ1v) is 8.57. The Labute approximate surface area is 163 Å². The highest BCUT2D eigenvalue weighted by Crippen LogP contribution is 2.27. The lowest BCUT2D eigenvalue weighted by Crippen LogP contribution is -2.59. The number of benzene rings is 1. The molecule has 1 aromatic carbocycles. The van der Waals surface area contributed by atoms with E-state index in [1.54, 1.807) is 30.3 Å². The fourth-order valence-corrected chi connectivity index (χ4v) is 3.15. The molecule has 1 aliphatic heterocycles. The zero-order chi connectivity index (χ0) is 21.3. The van der Waals surface area contributed by atoms with E-state index in [-0.39, 0.29) is 5.69 Å². The molecule has 1 fully saturated rings. The molecule has 2 aromatic rings. The molecule has 1 aromatic heterocycles. The van der Waals surface area contributed by atoms with Crippen LogP contribution in [0.15, 0.2) is 33.9 Å². The minimum absolute atomic E-state index is 0.0361. The van der Waals surface area contributed by atoms with Crippen LogP contribution in [0, 0.1) is 11.3 Å². The molecule has 2 heterocycles. The largest absolute Gasteiger partial charge is 0.497 e. The van der Waals surface area contributed by atoms with Gasteiger partial charge in [0.25, 0.3) is 5.56 Å². The number of nitrogens with zero attached hydrogens (tertiary/aromatic N) is 2. The smallest absolute Gasteiger partial charge is 0.331 e. The van der Waals surface area contributed by atoms with Crippen molar-refractivity contribution in [2.24, 2.45) is 0 Å². The first kappa shape index (κ1) is 20.7. The molecule has 0 amide bonds. The third kappa shape index (κ3) is 3.55. The number of ether oxygens (including phenoxy) is 2. The van der Waals surface area contributed by atoms with Gasteiger partial charge < -0.3 is 34.9 Å². The number of hydrogen-bond acceptors (Lipinski definition) is 9. The average molecular weight is 405 g/mol. The first-order chi connectivity index (χ1) is 13.8. The van der Waals surface area contributed by atoms with Crippen molar-refractivity contribution in [2.75, 3.05) is 13.7 Å². The van der Waals surface area contributed by atoms with Crippen molar-refractivity contribution in [3.63, 3.8) is 0 Å². The first-order valence-electron chi connectivity index (χ1n) is 8.57. The van der Waals surface area contributed by atoms with Crippen LogP contribution in [-0.2, 0) is 4.74 Å². The topological polar surface area (TPSA) is 178 Å². The van der Waals surface area contributed by atoms with E-state index in [0.717, 1.165) is 0 Å². The highest BCUT2D eigenvalue weighted by Gasteiger charge is 2.45. The number of nitriles is 1. The van der Waals surface area contributed by atoms with Gasteiger partial charge in [-0.2, -0.15) is 5.26 Å². The van der Waals surface area contributed by atoms with E-state index in [1.807, 2.05) is 0 Å². The number of nitrogens with one attached hydrogen (secondary N) is 1. The fraction of sp³-hybridized carbons (Fsp3) is 0.389. The predicted molar refractivity (Wildman–Crippen MR) is 97.0 cm³/mol. The zero-order valence-electron chi connectivity index (χ0n) is 15.2. The van der Waals surface area contributed by atoms with Crippen LogP contribution >= 0.6 is 0 Å². The molecule has 0 unspecified atom stereocenters. The average Bonchev–Trinajstić information content (AvgIpc) is 2.73. The molecule has 29 heavy (non-hydrogen) atoms. The third-order valence-electron chi connectivity index (χ3n) is 4.75. The van der Waals surface area contributed by atoms with E-state index < -0.39 is 54.1 Å². The quantitative estimate of drug-likeness (QED) is 0.387. The standard InChI is InChI=1S/C18H19N3O8/c1-28-9-4-2-8(3-5-9)12-10(6-19)16(26)21(18(27)20-12)17-15(25)14(24)13(23)11(7-22)29-17/h2-5,11,13-15,17,22-25H,7H2,1H3,(H,20,27)/t11-,13-,14+,15-,17-/m1/s1. The summed E-state index contributed by atoms with van der Waals surface area (Å²) >= 11 is 0. The molecule has 1 aliphatic rings. The Hall–Kier alpha value is -3.01. The highest BCUT2D eigenvalue weighted by atomic mass is 16.6. The lowest BCUT2D eigenvalue weighted by molar-refractivity contribution is -0.252. The second-order valence-corrected chi connectivity index (χ2v) is 6.42. The molecule has 5 atom stereocenters. The summed E-state index contributed by atoms with van der Waals surface area (Å²) in [5.41, 5.74) is -2.16. The number of aromatic amines is 1. The fourth-order valence-electron chi connectivity index (χ4n) is 3.15. The normalized spacial score (nSPS) is 26.7. The molecule has 11 heteroatoms. The molecule has 1 saturated heterocycles. The van der Waals surface area contributed by atoms with Crippen LogP contribution < -0.4 is 16.0 Å². The summed E-state index contributed by atoms with van der Waals surface area (Å²) in [6.07, 6.45) is -8.35. The number of aliphatic hydroxyl groups excluding tert-OH is 4. The van der Waals surface area contributed by atoms with Crippen LogP contribution in [-0.4, -0.2) is 68.1 Å². The van der Waals surface area contributed by atoms with Crippen LogP contribution in [0.25, 0.3) is 11.3 Å². The van der Waals surface area contributed by atoms with Crippen LogP contribution in [0.4, 0.5) is 0 Å². The van der Waals surface area contributed by atoms with E-state index in [0.29, 0.717) is 15.9 Å². The molecule has 0 radical (unpaired) electrons. The lowest BCUT2D eigenvalue weighted by atomic mass is 9.98. The van der Waals surface area contributed by atoms with Crippen LogP contribution in [0.2, 0.25) is 0 Å². The highest BCUT2D eigenvalue weighted by molar-refractivity contribution is 5.66. The molecular formula is C18H19N3O8. The molecular weight excluding hydrogens is 386 g/mol. The molecule has 3 rings (SSSR count). The second kappa shape index (κ2) is 8.16. The molecule has 0 saturated carbocycles. The van der Waals surface area contributed by atoms with Crippen LogP contribution in [0.1, 0.15) is 11.8 Å². The van der Waals surface area contributed by atoms with Gasteiger partial charge in [-0.15, -0.1) is 0 Å². The Bertz CT molecular complexity index is 1040. The zero-order valence-corrected chi connectivity index (χ0v) is 15.2. The molecule has 0 aliphatic carbocycles. The van der Waals surface area contributed by atoms with Crippen LogP contribution in [0.3, 0.4) is 0 Å². The summed E-state index contributed by atoms with van der Waals surface area (Å²) in [7, 11) is 1.47. The molecule has 0 bridgehead atoms. The van der Waals surface area contributed by atoms with Gasteiger partial charge in [-0.3, -0.25) is 4.79 Å². The maximum Gasteiger partial charge on any atom is 0.331 e. The summed E-state index contributed by atoms with van der Waals surface area (Å²) in [6.45, 7) is -0.733. The number of aromatic nitrogens is 2. The van der Waals surface area contributed by atoms with Crippen molar-refractivity contribution in [3.05, 3.63) is 50.7 Å². The Balaban J connectivity index is 2.13. The summed E-state index contributed by atoms with van der Waals surface area (Å²) in [5.74, 6) is 0.532. The molecule has 0 spiro atoms. The van der Waals surface area contributed by atoms with Crippen molar-refractivity contribution in [1.82, 2.24) is 9.55 Å². The van der Waals surface area contributed by atoms with Crippen molar-refractivity contribution >= 4 is 0 Å². The van der Waals surface area contributed by atoms with E-state index >= 15 is 0 Å². The Morgan fingerprint density at radius 2 is 1.83 bits per heavy atom. The molecule has 5 N–H and O–H groups in total. The van der Waals surface area contributed by atoms with Gasteiger partial charge in [-0.1, -0.05) is 0 Å². The van der Waals surface area contributed by atoms with Gasteiger partial charge in [0, 0.05) is 0 Å². The Morgan fingerprint density at radius 1 is 1.17 bits per heavy atom. The number of H-pyrrole nitrogens is 1. The minimum Gasteiger partial charge on any atom is -0.497 e. The Morgan fingerprint density at radius 3 is 2.38 bits per heavy atom. The number of aliphatic hydroxyl groups is 4. The summed E-state index contributed by atoms with van der Waals surface area (Å²) in [6, 6.07) is 7.98. The predicted octanol–water partition coefficient (Wildman–Crippen LogP) is -1.94. The van der Waals surface area contributed by atoms with E-state index in [1.165, 1.54) is 7.11 Å². The monoisotopic (exact) mass is 405 g/mol. The van der Waals surface area contributed by atoms with Gasteiger partial charge >= 0.3 is 5.69 Å². The van der Waals surface area contributed by atoms with Gasteiger partial charge in [-0.05, 0) is 29.8 Å². The van der Waals surface area contributed by atoms with Gasteiger partial charge in [0.05, 0.1) is 19.4 Å².